The van der Waals surface area contributed by atoms with Gasteiger partial charge in [0.15, 0.2) is 0 Å². The van der Waals surface area contributed by atoms with Crippen molar-refractivity contribution in [3.63, 3.8) is 0 Å². The van der Waals surface area contributed by atoms with Crippen LogP contribution in [0.3, 0.4) is 0 Å². The summed E-state index contributed by atoms with van der Waals surface area (Å²) in [6, 6.07) is 8.96. The number of halogens is 3. The molecule has 1 unspecified atom stereocenters. The van der Waals surface area contributed by atoms with Gasteiger partial charge >= 0.3 is 6.18 Å². The predicted molar refractivity (Wildman–Crippen MR) is 85.6 cm³/mol. The third-order valence-corrected chi connectivity index (χ3v) is 3.84. The molecule has 0 aromatic heterocycles. The van der Waals surface area contributed by atoms with Gasteiger partial charge in [0.25, 0.3) is 5.69 Å². The molecule has 128 valence electrons. The van der Waals surface area contributed by atoms with Gasteiger partial charge in [0.05, 0.1) is 10.5 Å². The highest BCUT2D eigenvalue weighted by Gasteiger charge is 2.33. The molecular formula is C15H13F3N2O3S. The quantitative estimate of drug-likeness (QED) is 0.641. The van der Waals surface area contributed by atoms with Crippen molar-refractivity contribution in [3.05, 3.63) is 63.7 Å². The minimum atomic E-state index is -4.66. The molecule has 2 aromatic rings. The van der Waals surface area contributed by atoms with Crippen molar-refractivity contribution in [3.8, 4) is 0 Å². The Morgan fingerprint density at radius 1 is 1.21 bits per heavy atom. The average Bonchev–Trinajstić information content (AvgIpc) is 2.45. The zero-order valence-electron chi connectivity index (χ0n) is 12.5. The Kier molecular flexibility index (Phi) is 5.23. The van der Waals surface area contributed by atoms with Crippen LogP contribution < -0.4 is 5.32 Å². The lowest BCUT2D eigenvalue weighted by molar-refractivity contribution is -0.384. The summed E-state index contributed by atoms with van der Waals surface area (Å²) in [5.41, 5.74) is -0.608. The molecule has 2 rings (SSSR count). The lowest BCUT2D eigenvalue weighted by atomic mass is 10.1. The van der Waals surface area contributed by atoms with Gasteiger partial charge in [-0.2, -0.15) is 13.2 Å². The molecule has 0 heterocycles. The van der Waals surface area contributed by atoms with Crippen molar-refractivity contribution in [1.29, 1.82) is 0 Å². The molecule has 0 spiro atoms. The summed E-state index contributed by atoms with van der Waals surface area (Å²) in [4.78, 5) is 10.2. The van der Waals surface area contributed by atoms with E-state index in [-0.39, 0.29) is 5.69 Å². The fourth-order valence-corrected chi connectivity index (χ4v) is 2.74. The Hall–Kier alpha value is -2.42. The van der Waals surface area contributed by atoms with E-state index in [2.05, 4.69) is 5.32 Å². The first-order valence-corrected chi connectivity index (χ1v) is 8.41. The lowest BCUT2D eigenvalue weighted by Gasteiger charge is -2.11. The van der Waals surface area contributed by atoms with E-state index in [0.29, 0.717) is 17.5 Å². The normalized spacial score (nSPS) is 12.7. The Bertz CT molecular complexity index is 794. The maximum atomic E-state index is 12.7. The number of hydrogen-bond acceptors (Lipinski definition) is 4. The van der Waals surface area contributed by atoms with Gasteiger partial charge in [-0.15, -0.1) is 0 Å². The van der Waals surface area contributed by atoms with Gasteiger partial charge in [-0.25, -0.2) is 0 Å². The molecule has 24 heavy (non-hydrogen) atoms. The number of nitrogens with one attached hydrogen (secondary N) is 1. The van der Waals surface area contributed by atoms with Crippen LogP contribution in [0.2, 0.25) is 0 Å². The fourth-order valence-electron chi connectivity index (χ4n) is 2.09. The van der Waals surface area contributed by atoms with Gasteiger partial charge in [0.1, 0.15) is 5.69 Å². The Morgan fingerprint density at radius 2 is 1.92 bits per heavy atom. The molecule has 0 saturated heterocycles. The van der Waals surface area contributed by atoms with Crippen molar-refractivity contribution in [1.82, 2.24) is 0 Å². The molecule has 0 fully saturated rings. The SMILES string of the molecule is CS(=O)Cc1cccc(Nc2ccc(C(F)(F)F)cc2[N+](=O)[O-])c1. The number of benzene rings is 2. The van der Waals surface area contributed by atoms with E-state index < -0.39 is 33.2 Å². The summed E-state index contributed by atoms with van der Waals surface area (Å²) >= 11 is 0. The van der Waals surface area contributed by atoms with Crippen LogP contribution in [0.15, 0.2) is 42.5 Å². The first kappa shape index (κ1) is 17.9. The van der Waals surface area contributed by atoms with Gasteiger partial charge in [-0.1, -0.05) is 12.1 Å². The van der Waals surface area contributed by atoms with Crippen LogP contribution in [0.5, 0.6) is 0 Å². The van der Waals surface area contributed by atoms with Gasteiger partial charge in [-0.3, -0.25) is 14.3 Å². The maximum absolute atomic E-state index is 12.7. The zero-order chi connectivity index (χ0) is 17.9. The van der Waals surface area contributed by atoms with Gasteiger partial charge in [0, 0.05) is 34.6 Å². The van der Waals surface area contributed by atoms with Crippen molar-refractivity contribution in [2.75, 3.05) is 11.6 Å². The van der Waals surface area contributed by atoms with E-state index in [1.54, 1.807) is 30.5 Å². The Labute approximate surface area is 138 Å². The molecule has 0 aliphatic carbocycles. The summed E-state index contributed by atoms with van der Waals surface area (Å²) in [5.74, 6) is 0.310. The second-order valence-corrected chi connectivity index (χ2v) is 6.46. The number of rotatable bonds is 5. The van der Waals surface area contributed by atoms with Gasteiger partial charge in [-0.05, 0) is 29.8 Å². The molecule has 5 nitrogen and oxygen atoms in total. The fraction of sp³-hybridized carbons (Fsp3) is 0.200. The molecule has 0 aliphatic heterocycles. The van der Waals surface area contributed by atoms with Crippen LogP contribution >= 0.6 is 0 Å². The number of nitrogens with zero attached hydrogens (tertiary/aromatic N) is 1. The van der Waals surface area contributed by atoms with Gasteiger partial charge in [0.2, 0.25) is 0 Å². The molecule has 9 heteroatoms. The van der Waals surface area contributed by atoms with Crippen LogP contribution in [0.1, 0.15) is 11.1 Å². The van der Waals surface area contributed by atoms with E-state index in [0.717, 1.165) is 17.7 Å². The minimum Gasteiger partial charge on any atom is -0.350 e. The Morgan fingerprint density at radius 3 is 2.50 bits per heavy atom. The van der Waals surface area contributed by atoms with Crippen molar-refractivity contribution in [2.24, 2.45) is 0 Å². The third kappa shape index (κ3) is 4.54. The zero-order valence-corrected chi connectivity index (χ0v) is 13.3. The van der Waals surface area contributed by atoms with Crippen molar-refractivity contribution < 1.29 is 22.3 Å². The molecule has 1 N–H and O–H groups in total. The molecule has 0 amide bonds. The molecule has 0 saturated carbocycles. The summed E-state index contributed by atoms with van der Waals surface area (Å²) in [7, 11) is -1.06. The monoisotopic (exact) mass is 358 g/mol. The number of anilines is 2. The van der Waals surface area contributed by atoms with E-state index in [1.807, 2.05) is 0 Å². The number of nitro groups is 1. The highest BCUT2D eigenvalue weighted by atomic mass is 32.2. The molecule has 0 bridgehead atoms. The lowest BCUT2D eigenvalue weighted by Crippen LogP contribution is -2.07. The molecule has 2 aromatic carbocycles. The molecule has 1 atom stereocenters. The second kappa shape index (κ2) is 7.00. The summed E-state index contributed by atoms with van der Waals surface area (Å²) in [6.07, 6.45) is -3.12. The first-order valence-electron chi connectivity index (χ1n) is 6.68. The van der Waals surface area contributed by atoms with Crippen LogP contribution in [-0.2, 0) is 22.7 Å². The maximum Gasteiger partial charge on any atom is 0.416 e. The molecule has 0 aliphatic rings. The number of hydrogen-bond donors (Lipinski definition) is 1. The van der Waals surface area contributed by atoms with E-state index in [4.69, 9.17) is 0 Å². The predicted octanol–water partition coefficient (Wildman–Crippen LogP) is 4.24. The van der Waals surface area contributed by atoms with Crippen molar-refractivity contribution in [2.45, 2.75) is 11.9 Å². The largest absolute Gasteiger partial charge is 0.416 e. The van der Waals surface area contributed by atoms with Crippen LogP contribution in [0.25, 0.3) is 0 Å². The highest BCUT2D eigenvalue weighted by Crippen LogP contribution is 2.36. The minimum absolute atomic E-state index is 0.0530. The smallest absolute Gasteiger partial charge is 0.350 e. The third-order valence-electron chi connectivity index (χ3n) is 3.10. The first-order chi connectivity index (χ1) is 11.2. The number of alkyl halides is 3. The summed E-state index contributed by atoms with van der Waals surface area (Å²) < 4.78 is 49.3. The van der Waals surface area contributed by atoms with Crippen LogP contribution in [-0.4, -0.2) is 15.4 Å². The average molecular weight is 358 g/mol. The highest BCUT2D eigenvalue weighted by molar-refractivity contribution is 7.83. The van der Waals surface area contributed by atoms with E-state index in [1.165, 1.54) is 0 Å². The van der Waals surface area contributed by atoms with Crippen molar-refractivity contribution >= 4 is 27.9 Å². The second-order valence-electron chi connectivity index (χ2n) is 5.03. The van der Waals surface area contributed by atoms with E-state index >= 15 is 0 Å². The summed E-state index contributed by atoms with van der Waals surface area (Å²) in [6.45, 7) is 0. The standard InChI is InChI=1S/C15H13F3N2O3S/c1-24(23)9-10-3-2-4-12(7-10)19-13-6-5-11(15(16,17)18)8-14(13)20(21)22/h2-8,19H,9H2,1H3. The van der Waals surface area contributed by atoms with Gasteiger partial charge < -0.3 is 5.32 Å². The van der Waals surface area contributed by atoms with Crippen LogP contribution in [0, 0.1) is 10.1 Å². The number of nitro benzene ring substituents is 1. The van der Waals surface area contributed by atoms with E-state index in [9.17, 15) is 27.5 Å². The summed E-state index contributed by atoms with van der Waals surface area (Å²) in [5, 5.41) is 13.8. The molecule has 0 radical (unpaired) electrons. The Balaban J connectivity index is 2.36. The topological polar surface area (TPSA) is 72.2 Å². The molecular weight excluding hydrogens is 345 g/mol. The van der Waals surface area contributed by atoms with Crippen LogP contribution in [0.4, 0.5) is 30.2 Å².